The van der Waals surface area contributed by atoms with Crippen molar-refractivity contribution in [2.75, 3.05) is 13.6 Å². The Balaban J connectivity index is 1.34. The molecule has 0 saturated carbocycles. The summed E-state index contributed by atoms with van der Waals surface area (Å²) < 4.78 is 13.3. The number of nitrogens with one attached hydrogen (secondary N) is 1. The van der Waals surface area contributed by atoms with Gasteiger partial charge in [-0.3, -0.25) is 14.5 Å². The Hall–Kier alpha value is -4.34. The van der Waals surface area contributed by atoms with Gasteiger partial charge < -0.3 is 25.0 Å². The summed E-state index contributed by atoms with van der Waals surface area (Å²) in [5.41, 5.74) is 6.95. The number of benzene rings is 4. The van der Waals surface area contributed by atoms with E-state index in [1.165, 1.54) is 5.56 Å². The number of rotatable bonds is 13. The van der Waals surface area contributed by atoms with Gasteiger partial charge >= 0.3 is 5.97 Å². The quantitative estimate of drug-likeness (QED) is 0.155. The Morgan fingerprint density at radius 2 is 1.57 bits per heavy atom. The van der Waals surface area contributed by atoms with Crippen molar-refractivity contribution >= 4 is 11.9 Å². The van der Waals surface area contributed by atoms with Crippen molar-refractivity contribution in [2.45, 2.75) is 63.9 Å². The van der Waals surface area contributed by atoms with Crippen LogP contribution < -0.4 is 5.32 Å². The molecule has 1 fully saturated rings. The van der Waals surface area contributed by atoms with Crippen molar-refractivity contribution in [3.8, 4) is 11.1 Å². The van der Waals surface area contributed by atoms with Crippen molar-refractivity contribution in [1.82, 2.24) is 10.2 Å². The molecule has 8 heteroatoms. The van der Waals surface area contributed by atoms with Gasteiger partial charge in [-0.1, -0.05) is 91.0 Å². The third-order valence-electron chi connectivity index (χ3n) is 8.52. The van der Waals surface area contributed by atoms with Gasteiger partial charge in [0.1, 0.15) is 0 Å². The summed E-state index contributed by atoms with van der Waals surface area (Å²) in [5.74, 6) is -1.28. The lowest BCUT2D eigenvalue weighted by Gasteiger charge is -2.39. The van der Waals surface area contributed by atoms with Gasteiger partial charge in [0, 0.05) is 37.5 Å². The minimum absolute atomic E-state index is 0.00653. The minimum atomic E-state index is -0.992. The van der Waals surface area contributed by atoms with E-state index in [2.05, 4.69) is 54.5 Å². The van der Waals surface area contributed by atoms with Gasteiger partial charge in [0.15, 0.2) is 6.29 Å². The number of likely N-dealkylation sites (N-methyl/N-ethyl adjacent to an activating group) is 1. The molecule has 0 unspecified atom stereocenters. The van der Waals surface area contributed by atoms with Crippen molar-refractivity contribution < 1.29 is 29.3 Å². The van der Waals surface area contributed by atoms with Gasteiger partial charge in [0.2, 0.25) is 5.91 Å². The van der Waals surface area contributed by atoms with E-state index >= 15 is 0 Å². The number of amides is 1. The molecule has 4 aromatic rings. The third-order valence-corrected chi connectivity index (χ3v) is 8.52. The molecule has 240 valence electrons. The normalized spacial score (nSPS) is 18.7. The van der Waals surface area contributed by atoms with E-state index in [9.17, 15) is 14.7 Å². The maximum absolute atomic E-state index is 12.0. The first-order chi connectivity index (χ1) is 22.3. The molecular weight excluding hydrogens is 580 g/mol. The number of carboxylic acid groups (broad SMARTS) is 1. The van der Waals surface area contributed by atoms with Gasteiger partial charge in [-0.25, -0.2) is 0 Å². The summed E-state index contributed by atoms with van der Waals surface area (Å²) in [5, 5.41) is 21.2. The van der Waals surface area contributed by atoms with E-state index in [1.807, 2.05) is 72.8 Å². The van der Waals surface area contributed by atoms with Crippen LogP contribution in [0, 0.1) is 0 Å². The molecule has 8 nitrogen and oxygen atoms in total. The van der Waals surface area contributed by atoms with Crippen molar-refractivity contribution in [1.29, 1.82) is 0 Å². The highest BCUT2D eigenvalue weighted by atomic mass is 16.7. The van der Waals surface area contributed by atoms with Crippen LogP contribution in [0.15, 0.2) is 103 Å². The van der Waals surface area contributed by atoms with E-state index in [1.54, 1.807) is 0 Å². The highest BCUT2D eigenvalue weighted by Crippen LogP contribution is 2.39. The first-order valence-electron chi connectivity index (χ1n) is 15.7. The van der Waals surface area contributed by atoms with Gasteiger partial charge in [-0.2, -0.15) is 0 Å². The second-order valence-corrected chi connectivity index (χ2v) is 11.9. The topological polar surface area (TPSA) is 108 Å². The van der Waals surface area contributed by atoms with Crippen molar-refractivity contribution in [2.24, 2.45) is 0 Å². The van der Waals surface area contributed by atoms with Crippen LogP contribution in [0.5, 0.6) is 0 Å². The standard InChI is InChI=1S/C38H42N2O6/c1-26(29-9-4-3-5-10-29)40(2)24-34-22-35(30-16-14-27(25-41)15-17-30)46-38(45-34)33-13-7-12-32(21-33)31-11-6-8-28(20-31)23-39-36(42)18-19-37(43)44/h3-17,20-21,26,34-35,38,41H,18-19,22-25H2,1-2H3,(H,39,42)(H,43,44)/t26-,34+,35-,38-/m0/s1. The number of carboxylic acids is 1. The smallest absolute Gasteiger partial charge is 0.303 e. The molecule has 0 aliphatic carbocycles. The maximum atomic E-state index is 12.0. The number of hydrogen-bond acceptors (Lipinski definition) is 6. The van der Waals surface area contributed by atoms with E-state index in [0.717, 1.165) is 39.9 Å². The Bertz CT molecular complexity index is 1590. The molecule has 5 rings (SSSR count). The zero-order valence-electron chi connectivity index (χ0n) is 26.3. The molecule has 1 saturated heterocycles. The molecule has 0 bridgehead atoms. The second-order valence-electron chi connectivity index (χ2n) is 11.9. The van der Waals surface area contributed by atoms with Crippen LogP contribution in [0.1, 0.15) is 72.4 Å². The Labute approximate surface area is 270 Å². The summed E-state index contributed by atoms with van der Waals surface area (Å²) in [7, 11) is 2.12. The van der Waals surface area contributed by atoms with E-state index in [4.69, 9.17) is 14.6 Å². The fourth-order valence-electron chi connectivity index (χ4n) is 5.73. The van der Waals surface area contributed by atoms with Crippen LogP contribution in [0.25, 0.3) is 11.1 Å². The average molecular weight is 623 g/mol. The van der Waals surface area contributed by atoms with Crippen LogP contribution >= 0.6 is 0 Å². The molecule has 0 aromatic heterocycles. The van der Waals surface area contributed by atoms with E-state index in [0.29, 0.717) is 13.0 Å². The molecule has 3 N–H and O–H groups in total. The van der Waals surface area contributed by atoms with Crippen LogP contribution in [-0.2, 0) is 32.2 Å². The zero-order valence-corrected chi connectivity index (χ0v) is 26.3. The Morgan fingerprint density at radius 1 is 0.848 bits per heavy atom. The summed E-state index contributed by atoms with van der Waals surface area (Å²) in [6, 6.07) is 34.6. The molecule has 1 aliphatic rings. The molecule has 1 heterocycles. The van der Waals surface area contributed by atoms with Gasteiger partial charge in [0.25, 0.3) is 0 Å². The fraction of sp³-hybridized carbons (Fsp3) is 0.316. The number of nitrogens with zero attached hydrogens (tertiary/aromatic N) is 1. The summed E-state index contributed by atoms with van der Waals surface area (Å²) in [6.07, 6.45) is -0.406. The lowest BCUT2D eigenvalue weighted by molar-refractivity contribution is -0.253. The molecule has 0 radical (unpaired) electrons. The largest absolute Gasteiger partial charge is 0.481 e. The lowest BCUT2D eigenvalue weighted by atomic mass is 9.98. The lowest BCUT2D eigenvalue weighted by Crippen LogP contribution is -2.38. The first-order valence-corrected chi connectivity index (χ1v) is 15.7. The Kier molecular flexibility index (Phi) is 11.3. The summed E-state index contributed by atoms with van der Waals surface area (Å²) in [4.78, 5) is 25.1. The minimum Gasteiger partial charge on any atom is -0.481 e. The number of aliphatic hydroxyl groups is 1. The van der Waals surface area contributed by atoms with E-state index < -0.39 is 12.3 Å². The molecule has 46 heavy (non-hydrogen) atoms. The van der Waals surface area contributed by atoms with Gasteiger partial charge in [0.05, 0.1) is 25.2 Å². The van der Waals surface area contributed by atoms with Crippen molar-refractivity contribution in [3.63, 3.8) is 0 Å². The molecular formula is C38H42N2O6. The van der Waals surface area contributed by atoms with Crippen LogP contribution in [0.3, 0.4) is 0 Å². The molecule has 1 aliphatic heterocycles. The first kappa shape index (κ1) is 33.0. The average Bonchev–Trinajstić information content (AvgIpc) is 3.10. The Morgan fingerprint density at radius 3 is 2.28 bits per heavy atom. The summed E-state index contributed by atoms with van der Waals surface area (Å²) >= 11 is 0. The van der Waals surface area contributed by atoms with Crippen molar-refractivity contribution in [3.05, 3.63) is 131 Å². The SMILES string of the molecule is C[C@@H](c1ccccc1)N(C)C[C@H]1C[C@@H](c2ccc(CO)cc2)O[C@@H](c2cccc(-c3cccc(CNC(=O)CCC(=O)O)c3)c2)O1. The predicted molar refractivity (Wildman–Crippen MR) is 177 cm³/mol. The van der Waals surface area contributed by atoms with Gasteiger partial charge in [-0.15, -0.1) is 0 Å². The third kappa shape index (κ3) is 8.89. The molecule has 1 amide bonds. The number of carbonyl (C=O) groups excluding carboxylic acids is 1. The number of hydrogen-bond donors (Lipinski definition) is 3. The van der Waals surface area contributed by atoms with Gasteiger partial charge in [-0.05, 0) is 59.5 Å². The molecule has 0 spiro atoms. The number of ether oxygens (including phenoxy) is 2. The number of aliphatic hydroxyl groups excluding tert-OH is 1. The summed E-state index contributed by atoms with van der Waals surface area (Å²) in [6.45, 7) is 3.24. The fourth-order valence-corrected chi connectivity index (χ4v) is 5.73. The maximum Gasteiger partial charge on any atom is 0.303 e. The predicted octanol–water partition coefficient (Wildman–Crippen LogP) is 6.57. The zero-order chi connectivity index (χ0) is 32.5. The number of aliphatic carboxylic acids is 1. The molecule has 4 atom stereocenters. The second kappa shape index (κ2) is 15.8. The monoisotopic (exact) mass is 622 g/mol. The van der Waals surface area contributed by atoms with Crippen LogP contribution in [0.4, 0.5) is 0 Å². The van der Waals surface area contributed by atoms with Crippen LogP contribution in [-0.4, -0.2) is 46.7 Å². The highest BCUT2D eigenvalue weighted by molar-refractivity contribution is 5.80. The van der Waals surface area contributed by atoms with Crippen LogP contribution in [0.2, 0.25) is 0 Å². The molecule has 4 aromatic carbocycles. The number of carbonyl (C=O) groups is 2. The highest BCUT2D eigenvalue weighted by Gasteiger charge is 2.33. The van der Waals surface area contributed by atoms with E-state index in [-0.39, 0.29) is 43.6 Å².